The fourth-order valence-corrected chi connectivity index (χ4v) is 2.33. The zero-order valence-electron chi connectivity index (χ0n) is 7.59. The second-order valence-electron chi connectivity index (χ2n) is 2.99. The lowest BCUT2D eigenvalue weighted by Crippen LogP contribution is -2.30. The molecule has 0 bridgehead atoms. The number of hydrogen-bond donors (Lipinski definition) is 2. The van der Waals surface area contributed by atoms with Crippen LogP contribution in [0.3, 0.4) is 0 Å². The summed E-state index contributed by atoms with van der Waals surface area (Å²) in [5, 5.41) is 22.1. The summed E-state index contributed by atoms with van der Waals surface area (Å²) in [4.78, 5) is 4.26. The molecule has 2 rings (SSSR count). The van der Waals surface area contributed by atoms with Crippen LogP contribution in [0.15, 0.2) is 33.6 Å². The number of thiophene rings is 1. The van der Waals surface area contributed by atoms with E-state index >= 15 is 0 Å². The highest BCUT2D eigenvalue weighted by atomic mass is 79.9. The second-order valence-corrected chi connectivity index (χ2v) is 4.59. The van der Waals surface area contributed by atoms with Gasteiger partial charge in [0.2, 0.25) is 0 Å². The van der Waals surface area contributed by atoms with Crippen LogP contribution in [0, 0.1) is 0 Å². The Labute approximate surface area is 99.7 Å². The number of aromatic nitrogens is 1. The molecule has 0 aliphatic heterocycles. The molecule has 2 heterocycles. The van der Waals surface area contributed by atoms with Crippen LogP contribution in [-0.4, -0.2) is 22.2 Å². The van der Waals surface area contributed by atoms with Crippen molar-refractivity contribution in [2.24, 2.45) is 0 Å². The first kappa shape index (κ1) is 10.8. The molecule has 76 valence electrons. The van der Waals surface area contributed by atoms with E-state index in [0.29, 0.717) is 10.1 Å². The van der Waals surface area contributed by atoms with Gasteiger partial charge < -0.3 is 10.0 Å². The Hall–Kier alpha value is -0.685. The van der Waals surface area contributed by atoms with Crippen molar-refractivity contribution in [2.45, 2.75) is 0 Å². The predicted molar refractivity (Wildman–Crippen MR) is 65.1 cm³/mol. The molecule has 0 unspecified atom stereocenters. The van der Waals surface area contributed by atoms with Gasteiger partial charge in [0.05, 0.1) is 5.69 Å². The average molecular weight is 284 g/mol. The van der Waals surface area contributed by atoms with Gasteiger partial charge in [0.1, 0.15) is 4.60 Å². The predicted octanol–water partition coefficient (Wildman–Crippen LogP) is 1.25. The zero-order chi connectivity index (χ0) is 10.8. The molecule has 0 saturated heterocycles. The van der Waals surface area contributed by atoms with Crippen molar-refractivity contribution in [1.29, 1.82) is 0 Å². The van der Waals surface area contributed by atoms with Crippen LogP contribution in [0.2, 0.25) is 0 Å². The summed E-state index contributed by atoms with van der Waals surface area (Å²) in [5.41, 5.74) is 2.13. The Bertz CT molecular complexity index is 461. The normalized spacial score (nSPS) is 10.3. The van der Waals surface area contributed by atoms with E-state index in [-0.39, 0.29) is 0 Å². The lowest BCUT2D eigenvalue weighted by atomic mass is 9.80. The highest BCUT2D eigenvalue weighted by molar-refractivity contribution is 9.10. The van der Waals surface area contributed by atoms with E-state index in [2.05, 4.69) is 20.9 Å². The minimum Gasteiger partial charge on any atom is -0.423 e. The molecule has 0 aromatic carbocycles. The number of pyridine rings is 1. The third-order valence-corrected chi connectivity index (χ3v) is 3.02. The molecular weight excluding hydrogens is 277 g/mol. The van der Waals surface area contributed by atoms with Crippen molar-refractivity contribution in [3.63, 3.8) is 0 Å². The molecule has 2 N–H and O–H groups in total. The third-order valence-electron chi connectivity index (χ3n) is 1.93. The lowest BCUT2D eigenvalue weighted by molar-refractivity contribution is 0.425. The molecule has 2 aromatic rings. The summed E-state index contributed by atoms with van der Waals surface area (Å²) in [7, 11) is -1.47. The summed E-state index contributed by atoms with van der Waals surface area (Å²) in [6.07, 6.45) is 0. The fraction of sp³-hybridized carbons (Fsp3) is 0. The van der Waals surface area contributed by atoms with Crippen molar-refractivity contribution in [2.75, 3.05) is 0 Å². The largest absolute Gasteiger partial charge is 0.488 e. The van der Waals surface area contributed by atoms with Crippen LogP contribution in [0.25, 0.3) is 11.3 Å². The first-order valence-corrected chi connectivity index (χ1v) is 5.96. The van der Waals surface area contributed by atoms with Gasteiger partial charge >= 0.3 is 7.12 Å². The summed E-state index contributed by atoms with van der Waals surface area (Å²) < 4.78 is 0.592. The van der Waals surface area contributed by atoms with E-state index < -0.39 is 7.12 Å². The van der Waals surface area contributed by atoms with Crippen LogP contribution < -0.4 is 5.46 Å². The number of halogens is 1. The van der Waals surface area contributed by atoms with E-state index in [4.69, 9.17) is 10.0 Å². The van der Waals surface area contributed by atoms with Gasteiger partial charge in [-0.1, -0.05) is 0 Å². The Morgan fingerprint density at radius 2 is 2.13 bits per heavy atom. The van der Waals surface area contributed by atoms with Crippen molar-refractivity contribution in [3.8, 4) is 11.3 Å². The molecule has 0 amide bonds. The Balaban J connectivity index is 2.49. The van der Waals surface area contributed by atoms with Crippen LogP contribution in [0.5, 0.6) is 0 Å². The van der Waals surface area contributed by atoms with Crippen molar-refractivity contribution >= 4 is 39.8 Å². The Morgan fingerprint density at radius 3 is 2.73 bits per heavy atom. The van der Waals surface area contributed by atoms with Crippen LogP contribution in [-0.2, 0) is 0 Å². The molecular formula is C9H7BBrNO2S. The van der Waals surface area contributed by atoms with Gasteiger partial charge in [-0.3, -0.25) is 0 Å². The second kappa shape index (κ2) is 4.44. The topological polar surface area (TPSA) is 53.4 Å². The summed E-state index contributed by atoms with van der Waals surface area (Å²) in [5.74, 6) is 0. The molecule has 0 spiro atoms. The van der Waals surface area contributed by atoms with Gasteiger partial charge in [-0.2, -0.15) is 11.3 Å². The minimum absolute atomic E-state index is 0.429. The summed E-state index contributed by atoms with van der Waals surface area (Å²) >= 11 is 4.81. The first-order chi connectivity index (χ1) is 7.16. The maximum Gasteiger partial charge on any atom is 0.488 e. The highest BCUT2D eigenvalue weighted by Gasteiger charge is 2.14. The van der Waals surface area contributed by atoms with Crippen LogP contribution >= 0.6 is 27.3 Å². The highest BCUT2D eigenvalue weighted by Crippen LogP contribution is 2.20. The Kier molecular flexibility index (Phi) is 3.21. The van der Waals surface area contributed by atoms with E-state index in [9.17, 15) is 0 Å². The summed E-state index contributed by atoms with van der Waals surface area (Å²) in [6, 6.07) is 5.19. The third kappa shape index (κ3) is 2.46. The van der Waals surface area contributed by atoms with E-state index in [1.807, 2.05) is 16.8 Å². The Morgan fingerprint density at radius 1 is 1.33 bits per heavy atom. The number of rotatable bonds is 2. The van der Waals surface area contributed by atoms with E-state index in [0.717, 1.165) is 11.3 Å². The average Bonchev–Trinajstić information content (AvgIpc) is 2.69. The van der Waals surface area contributed by atoms with Crippen molar-refractivity contribution in [3.05, 3.63) is 33.6 Å². The number of nitrogens with zero attached hydrogens (tertiary/aromatic N) is 1. The van der Waals surface area contributed by atoms with E-state index in [1.54, 1.807) is 23.5 Å². The minimum atomic E-state index is -1.47. The van der Waals surface area contributed by atoms with Crippen LogP contribution in [0.1, 0.15) is 0 Å². The molecule has 0 saturated carbocycles. The van der Waals surface area contributed by atoms with Gasteiger partial charge in [0.25, 0.3) is 0 Å². The van der Waals surface area contributed by atoms with Crippen molar-refractivity contribution in [1.82, 2.24) is 4.98 Å². The van der Waals surface area contributed by atoms with Crippen LogP contribution in [0.4, 0.5) is 0 Å². The van der Waals surface area contributed by atoms with E-state index in [1.165, 1.54) is 0 Å². The van der Waals surface area contributed by atoms with Gasteiger partial charge in [-0.15, -0.1) is 0 Å². The molecule has 15 heavy (non-hydrogen) atoms. The molecule has 0 fully saturated rings. The molecule has 0 atom stereocenters. The monoisotopic (exact) mass is 283 g/mol. The van der Waals surface area contributed by atoms with Crippen molar-refractivity contribution < 1.29 is 10.0 Å². The van der Waals surface area contributed by atoms with Gasteiger partial charge in [-0.05, 0) is 45.0 Å². The number of hydrogen-bond acceptors (Lipinski definition) is 4. The quantitative estimate of drug-likeness (QED) is 0.644. The van der Waals surface area contributed by atoms with Gasteiger partial charge in [0.15, 0.2) is 0 Å². The maximum atomic E-state index is 9.08. The summed E-state index contributed by atoms with van der Waals surface area (Å²) in [6.45, 7) is 0. The zero-order valence-corrected chi connectivity index (χ0v) is 9.99. The van der Waals surface area contributed by atoms with Gasteiger partial charge in [-0.25, -0.2) is 4.98 Å². The molecule has 0 aliphatic carbocycles. The molecule has 2 aromatic heterocycles. The smallest absolute Gasteiger partial charge is 0.423 e. The maximum absolute atomic E-state index is 9.08. The fourth-order valence-electron chi connectivity index (χ4n) is 1.22. The molecule has 0 aliphatic rings. The first-order valence-electron chi connectivity index (χ1n) is 4.23. The molecule has 3 nitrogen and oxygen atoms in total. The van der Waals surface area contributed by atoms with Gasteiger partial charge in [0, 0.05) is 10.9 Å². The molecule has 6 heteroatoms. The standard InChI is InChI=1S/C9H7BBrNO2S/c11-9-4-7(10(13)14)3-8(12-9)6-1-2-15-5-6/h1-5,13-14H. The SMILES string of the molecule is OB(O)c1cc(Br)nc(-c2ccsc2)c1. The lowest BCUT2D eigenvalue weighted by Gasteiger charge is -2.03. The molecule has 0 radical (unpaired) electrons.